The SMILES string of the molecule is CCCCC(NC(=O)C(N)Cc1ccc(OP(C)(C)=O)cc1)C(=O)NCC(=O)NC(Cc1c[nH]c2ccccc12)C(=O)NC(CCCC)C(=O)NC(CC(=O)O)C(=O)NC(Cc1ccccc1)C(N)=O. The number of nitrogens with two attached hydrogens (primary N) is 2. The van der Waals surface area contributed by atoms with E-state index in [0.29, 0.717) is 48.1 Å². The van der Waals surface area contributed by atoms with Gasteiger partial charge in [0, 0.05) is 43.3 Å². The number of carboxylic acid groups (broad SMARTS) is 1. The predicted octanol–water partition coefficient (Wildman–Crippen LogP) is 2.32. The molecule has 0 aliphatic heterocycles. The summed E-state index contributed by atoms with van der Waals surface area (Å²) in [7, 11) is -2.78. The van der Waals surface area contributed by atoms with Crippen LogP contribution in [0.15, 0.2) is 85.1 Å². The van der Waals surface area contributed by atoms with Gasteiger partial charge in [0.25, 0.3) is 0 Å². The number of carbonyl (C=O) groups excluding carboxylic acids is 7. The first kappa shape index (κ1) is 55.5. The fourth-order valence-corrected chi connectivity index (χ4v) is 8.09. The number of hydrogen-bond acceptors (Lipinski definition) is 11. The highest BCUT2D eigenvalue weighted by atomic mass is 31.2. The number of aliphatic carboxylic acids is 1. The smallest absolute Gasteiger partial charge is 0.305 e. The topological polar surface area (TPSA) is 323 Å². The summed E-state index contributed by atoms with van der Waals surface area (Å²) >= 11 is 0. The van der Waals surface area contributed by atoms with E-state index >= 15 is 0 Å². The second-order valence-electron chi connectivity index (χ2n) is 17.4. The average Bonchev–Trinajstić information content (AvgIpc) is 3.72. The highest BCUT2D eigenvalue weighted by Crippen LogP contribution is 2.38. The minimum Gasteiger partial charge on any atom is -0.481 e. The van der Waals surface area contributed by atoms with Crippen molar-refractivity contribution in [3.05, 3.63) is 102 Å². The molecule has 6 atom stereocenters. The molecule has 0 radical (unpaired) electrons. The van der Waals surface area contributed by atoms with Crippen LogP contribution >= 0.6 is 7.37 Å². The zero-order valence-electron chi connectivity index (χ0n) is 40.0. The molecule has 4 aromatic rings. The molecule has 12 N–H and O–H groups in total. The Kier molecular flexibility index (Phi) is 21.6. The van der Waals surface area contributed by atoms with E-state index in [9.17, 15) is 48.0 Å². The molecule has 4 rings (SSSR count). The van der Waals surface area contributed by atoms with Gasteiger partial charge in [-0.15, -0.1) is 0 Å². The maximum atomic E-state index is 14.3. The highest BCUT2D eigenvalue weighted by molar-refractivity contribution is 7.57. The van der Waals surface area contributed by atoms with E-state index < -0.39 is 104 Å². The van der Waals surface area contributed by atoms with Crippen molar-refractivity contribution in [2.75, 3.05) is 19.9 Å². The van der Waals surface area contributed by atoms with Crippen molar-refractivity contribution in [3.8, 4) is 5.75 Å². The summed E-state index contributed by atoms with van der Waals surface area (Å²) < 4.78 is 17.5. The molecular formula is C49H66N9O11P. The van der Waals surface area contributed by atoms with Crippen molar-refractivity contribution in [2.24, 2.45) is 11.5 Å². The van der Waals surface area contributed by atoms with Crippen LogP contribution in [0.4, 0.5) is 0 Å². The Balaban J connectivity index is 1.47. The number of unbranched alkanes of at least 4 members (excludes halogenated alkanes) is 2. The van der Waals surface area contributed by atoms with Crippen molar-refractivity contribution in [1.29, 1.82) is 0 Å². The van der Waals surface area contributed by atoms with Gasteiger partial charge >= 0.3 is 5.97 Å². The van der Waals surface area contributed by atoms with Crippen molar-refractivity contribution in [3.63, 3.8) is 0 Å². The number of rotatable bonds is 29. The monoisotopic (exact) mass is 987 g/mol. The number of fused-ring (bicyclic) bond motifs is 1. The lowest BCUT2D eigenvalue weighted by molar-refractivity contribution is -0.141. The third-order valence-corrected chi connectivity index (χ3v) is 11.8. The molecule has 20 nitrogen and oxygen atoms in total. The molecule has 0 aliphatic carbocycles. The van der Waals surface area contributed by atoms with Gasteiger partial charge in [-0.3, -0.25) is 42.9 Å². The van der Waals surface area contributed by atoms with Crippen molar-refractivity contribution < 1.29 is 52.6 Å². The summed E-state index contributed by atoms with van der Waals surface area (Å²) in [6.07, 6.45) is 3.45. The maximum absolute atomic E-state index is 14.3. The number of nitrogens with one attached hydrogen (secondary N) is 7. The summed E-state index contributed by atoms with van der Waals surface area (Å²) in [5.41, 5.74) is 14.6. The number of amides is 7. The van der Waals surface area contributed by atoms with Gasteiger partial charge in [0.2, 0.25) is 48.7 Å². The quantitative estimate of drug-likeness (QED) is 0.0351. The third-order valence-electron chi connectivity index (χ3n) is 11.1. The minimum atomic E-state index is -2.78. The van der Waals surface area contributed by atoms with E-state index in [4.69, 9.17) is 16.0 Å². The first-order valence-corrected chi connectivity index (χ1v) is 25.8. The predicted molar refractivity (Wildman–Crippen MR) is 264 cm³/mol. The molecule has 378 valence electrons. The summed E-state index contributed by atoms with van der Waals surface area (Å²) in [6.45, 7) is 6.15. The highest BCUT2D eigenvalue weighted by Gasteiger charge is 2.33. The van der Waals surface area contributed by atoms with E-state index in [2.05, 4.69) is 36.9 Å². The fraction of sp³-hybridized carbons (Fsp3) is 0.429. The van der Waals surface area contributed by atoms with Crippen LogP contribution in [0.5, 0.6) is 5.75 Å². The van der Waals surface area contributed by atoms with Crippen molar-refractivity contribution in [1.82, 2.24) is 36.9 Å². The van der Waals surface area contributed by atoms with Crippen LogP contribution in [0.3, 0.4) is 0 Å². The van der Waals surface area contributed by atoms with Crippen LogP contribution in [-0.4, -0.2) is 114 Å². The van der Waals surface area contributed by atoms with E-state index in [0.717, 1.165) is 10.9 Å². The number of benzene rings is 3. The van der Waals surface area contributed by atoms with Gasteiger partial charge in [-0.1, -0.05) is 100 Å². The second-order valence-corrected chi connectivity index (χ2v) is 20.1. The molecule has 0 saturated carbocycles. The number of aromatic nitrogens is 1. The van der Waals surface area contributed by atoms with Crippen LogP contribution in [0.2, 0.25) is 0 Å². The number of carbonyl (C=O) groups is 8. The molecule has 0 saturated heterocycles. The van der Waals surface area contributed by atoms with E-state index in [1.807, 2.05) is 32.0 Å². The zero-order valence-corrected chi connectivity index (χ0v) is 40.9. The lowest BCUT2D eigenvalue weighted by Crippen LogP contribution is -2.59. The van der Waals surface area contributed by atoms with Crippen LogP contribution in [0.1, 0.15) is 75.5 Å². The Labute approximate surface area is 407 Å². The van der Waals surface area contributed by atoms with Gasteiger partial charge in [-0.05, 0) is 54.2 Å². The Morgan fingerprint density at radius 2 is 1.19 bits per heavy atom. The first-order chi connectivity index (χ1) is 33.3. The van der Waals surface area contributed by atoms with Crippen LogP contribution < -0.4 is 47.9 Å². The molecule has 0 aliphatic rings. The van der Waals surface area contributed by atoms with Gasteiger partial charge in [0.05, 0.1) is 19.0 Å². The Bertz CT molecular complexity index is 2480. The number of hydrogen-bond donors (Lipinski definition) is 10. The van der Waals surface area contributed by atoms with Gasteiger partial charge < -0.3 is 58.0 Å². The second kappa shape index (κ2) is 27.2. The first-order valence-electron chi connectivity index (χ1n) is 23.2. The fourth-order valence-electron chi connectivity index (χ4n) is 7.46. The molecule has 21 heteroatoms. The molecule has 0 spiro atoms. The average molecular weight is 988 g/mol. The van der Waals surface area contributed by atoms with Gasteiger partial charge in [-0.25, -0.2) is 0 Å². The number of H-pyrrole nitrogens is 1. The molecular weight excluding hydrogens is 922 g/mol. The summed E-state index contributed by atoms with van der Waals surface area (Å²) in [6, 6.07) is 14.9. The van der Waals surface area contributed by atoms with E-state index in [1.165, 1.54) is 13.3 Å². The van der Waals surface area contributed by atoms with Gasteiger partial charge in [-0.2, -0.15) is 0 Å². The lowest BCUT2D eigenvalue weighted by atomic mass is 10.0. The van der Waals surface area contributed by atoms with Crippen molar-refractivity contribution in [2.45, 2.75) is 114 Å². The van der Waals surface area contributed by atoms with Crippen LogP contribution in [0.25, 0.3) is 10.9 Å². The molecule has 6 unspecified atom stereocenters. The van der Waals surface area contributed by atoms with E-state index in [-0.39, 0.29) is 32.1 Å². The van der Waals surface area contributed by atoms with Crippen LogP contribution in [-0.2, 0) is 62.2 Å². The van der Waals surface area contributed by atoms with Gasteiger partial charge in [0.1, 0.15) is 36.0 Å². The minimum absolute atomic E-state index is 0.00209. The van der Waals surface area contributed by atoms with Crippen molar-refractivity contribution >= 4 is 65.6 Å². The molecule has 0 bridgehead atoms. The molecule has 0 fully saturated rings. The summed E-state index contributed by atoms with van der Waals surface area (Å²) in [4.78, 5) is 110. The zero-order chi connectivity index (χ0) is 51.4. The Hall–Kier alpha value is -7.05. The third kappa shape index (κ3) is 18.5. The molecule has 70 heavy (non-hydrogen) atoms. The summed E-state index contributed by atoms with van der Waals surface area (Å²) in [5, 5.41) is 25.9. The number of carboxylic acids is 1. The molecule has 3 aromatic carbocycles. The summed E-state index contributed by atoms with van der Waals surface area (Å²) in [5.74, 6) is -6.61. The largest absolute Gasteiger partial charge is 0.481 e. The Morgan fingerprint density at radius 3 is 1.80 bits per heavy atom. The normalized spacial score (nSPS) is 13.8. The Morgan fingerprint density at radius 1 is 0.643 bits per heavy atom. The molecule has 1 aromatic heterocycles. The maximum Gasteiger partial charge on any atom is 0.305 e. The lowest BCUT2D eigenvalue weighted by Gasteiger charge is -2.26. The number of primary amides is 1. The van der Waals surface area contributed by atoms with Gasteiger partial charge in [0.15, 0.2) is 0 Å². The van der Waals surface area contributed by atoms with E-state index in [1.54, 1.807) is 66.9 Å². The molecule has 7 amide bonds. The number of aromatic amines is 1. The molecule has 1 heterocycles. The number of para-hydroxylation sites is 1. The van der Waals surface area contributed by atoms with Crippen LogP contribution in [0, 0.1) is 0 Å². The standard InChI is InChI=1S/C49H66N9O11P/c1-5-7-17-37(55-45(63)35(50)24-31-20-22-33(23-21-31)69-70(3,4)68)46(64)53-29-42(59)54-40(26-32-28-52-36-19-13-12-16-34(32)36)48(66)56-38(18-8-6-2)47(65)58-41(27-43(60)61)49(67)57-39(44(51)62)25-30-14-10-9-11-15-30/h9-16,19-23,28,35,37-41,52H,5-8,17-18,24-27,29,50H2,1-4H3,(H2,51,62)(H,53,64)(H,54,59)(H,55,63)(H,56,66)(H,57,67)(H,58,65)(H,60,61).